The number of nitriles is 2. The highest BCUT2D eigenvalue weighted by molar-refractivity contribution is 5.46. The van der Waals surface area contributed by atoms with Crippen molar-refractivity contribution in [2.24, 2.45) is 0 Å². The SMILES string of the molecule is N#CCc1c(C(F)(F)F)ccc(F)c1C#N. The fourth-order valence-electron chi connectivity index (χ4n) is 1.27. The van der Waals surface area contributed by atoms with Crippen molar-refractivity contribution in [2.75, 3.05) is 0 Å². The molecule has 0 bridgehead atoms. The molecule has 1 aromatic rings. The highest BCUT2D eigenvalue weighted by atomic mass is 19.4. The molecule has 0 spiro atoms. The summed E-state index contributed by atoms with van der Waals surface area (Å²) in [6.07, 6.45) is -5.36. The molecule has 16 heavy (non-hydrogen) atoms. The third-order valence-electron chi connectivity index (χ3n) is 1.94. The lowest BCUT2D eigenvalue weighted by Crippen LogP contribution is -2.11. The van der Waals surface area contributed by atoms with Gasteiger partial charge in [-0.05, 0) is 17.7 Å². The molecule has 2 nitrogen and oxygen atoms in total. The average Bonchev–Trinajstić information content (AvgIpc) is 2.16. The van der Waals surface area contributed by atoms with Gasteiger partial charge in [-0.1, -0.05) is 0 Å². The Morgan fingerprint density at radius 1 is 1.19 bits per heavy atom. The fourth-order valence-corrected chi connectivity index (χ4v) is 1.27. The summed E-state index contributed by atoms with van der Waals surface area (Å²) in [5.74, 6) is -1.05. The largest absolute Gasteiger partial charge is 0.416 e. The lowest BCUT2D eigenvalue weighted by molar-refractivity contribution is -0.138. The molecule has 0 aliphatic rings. The number of hydrogen-bond donors (Lipinski definition) is 0. The Kier molecular flexibility index (Phi) is 3.14. The van der Waals surface area contributed by atoms with Crippen LogP contribution in [0.25, 0.3) is 0 Å². The van der Waals surface area contributed by atoms with Crippen LogP contribution in [0.5, 0.6) is 0 Å². The molecule has 0 unspecified atom stereocenters. The Labute approximate surface area is 88.3 Å². The summed E-state index contributed by atoms with van der Waals surface area (Å²) < 4.78 is 50.5. The molecular weight excluding hydrogens is 224 g/mol. The molecule has 6 heteroatoms. The fraction of sp³-hybridized carbons (Fsp3) is 0.200. The minimum Gasteiger partial charge on any atom is -0.206 e. The van der Waals surface area contributed by atoms with Crippen molar-refractivity contribution in [3.05, 3.63) is 34.6 Å². The molecule has 1 aromatic carbocycles. The highest BCUT2D eigenvalue weighted by Gasteiger charge is 2.35. The Morgan fingerprint density at radius 2 is 1.81 bits per heavy atom. The number of nitrogens with zero attached hydrogens (tertiary/aromatic N) is 2. The van der Waals surface area contributed by atoms with E-state index in [1.807, 2.05) is 0 Å². The first kappa shape index (κ1) is 12.0. The molecule has 1 rings (SSSR count). The van der Waals surface area contributed by atoms with Gasteiger partial charge in [0.05, 0.1) is 23.6 Å². The summed E-state index contributed by atoms with van der Waals surface area (Å²) >= 11 is 0. The molecule has 0 atom stereocenters. The molecular formula is C10H4F4N2. The summed E-state index contributed by atoms with van der Waals surface area (Å²) in [5, 5.41) is 16.9. The van der Waals surface area contributed by atoms with Crippen molar-refractivity contribution >= 4 is 0 Å². The molecule has 82 valence electrons. The molecule has 0 aliphatic carbocycles. The predicted molar refractivity (Wildman–Crippen MR) is 45.4 cm³/mol. The number of halogens is 4. The summed E-state index contributed by atoms with van der Waals surface area (Å²) in [6, 6.07) is 3.92. The van der Waals surface area contributed by atoms with Crippen LogP contribution in [0.3, 0.4) is 0 Å². The molecule has 0 saturated carbocycles. The van der Waals surface area contributed by atoms with Gasteiger partial charge in [-0.2, -0.15) is 23.7 Å². The first-order chi connectivity index (χ1) is 7.41. The summed E-state index contributed by atoms with van der Waals surface area (Å²) in [5.41, 5.74) is -2.49. The zero-order chi connectivity index (χ0) is 12.3. The smallest absolute Gasteiger partial charge is 0.206 e. The molecule has 0 N–H and O–H groups in total. The topological polar surface area (TPSA) is 47.6 Å². The highest BCUT2D eigenvalue weighted by Crippen LogP contribution is 2.34. The molecule has 0 amide bonds. The van der Waals surface area contributed by atoms with Crippen LogP contribution >= 0.6 is 0 Å². The van der Waals surface area contributed by atoms with Gasteiger partial charge in [-0.15, -0.1) is 0 Å². The second-order valence-electron chi connectivity index (χ2n) is 2.89. The van der Waals surface area contributed by atoms with Crippen LogP contribution in [0.15, 0.2) is 12.1 Å². The summed E-state index contributed by atoms with van der Waals surface area (Å²) in [6.45, 7) is 0. The van der Waals surface area contributed by atoms with Crippen LogP contribution < -0.4 is 0 Å². The lowest BCUT2D eigenvalue weighted by Gasteiger charge is -2.12. The summed E-state index contributed by atoms with van der Waals surface area (Å²) in [7, 11) is 0. The van der Waals surface area contributed by atoms with Gasteiger partial charge in [0, 0.05) is 0 Å². The van der Waals surface area contributed by atoms with E-state index in [0.717, 1.165) is 0 Å². The van der Waals surface area contributed by atoms with E-state index in [4.69, 9.17) is 10.5 Å². The minimum atomic E-state index is -4.70. The van der Waals surface area contributed by atoms with E-state index in [1.54, 1.807) is 0 Å². The second-order valence-corrected chi connectivity index (χ2v) is 2.89. The average molecular weight is 228 g/mol. The van der Waals surface area contributed by atoms with Gasteiger partial charge >= 0.3 is 6.18 Å². The van der Waals surface area contributed by atoms with Crippen molar-refractivity contribution in [1.82, 2.24) is 0 Å². The third kappa shape index (κ3) is 2.12. The van der Waals surface area contributed by atoms with Crippen molar-refractivity contribution in [3.8, 4) is 12.1 Å². The number of hydrogen-bond acceptors (Lipinski definition) is 2. The van der Waals surface area contributed by atoms with Crippen LogP contribution in [0.1, 0.15) is 16.7 Å². The van der Waals surface area contributed by atoms with Crippen molar-refractivity contribution in [3.63, 3.8) is 0 Å². The van der Waals surface area contributed by atoms with Crippen LogP contribution in [0.2, 0.25) is 0 Å². The number of alkyl halides is 3. The molecule has 0 radical (unpaired) electrons. The van der Waals surface area contributed by atoms with Gasteiger partial charge in [-0.3, -0.25) is 0 Å². The van der Waals surface area contributed by atoms with Crippen LogP contribution in [-0.2, 0) is 12.6 Å². The molecule has 0 aromatic heterocycles. The maximum Gasteiger partial charge on any atom is 0.416 e. The first-order valence-corrected chi connectivity index (χ1v) is 4.07. The van der Waals surface area contributed by atoms with Gasteiger partial charge in [0.1, 0.15) is 11.9 Å². The Bertz CT molecular complexity index is 491. The van der Waals surface area contributed by atoms with Crippen molar-refractivity contribution in [1.29, 1.82) is 10.5 Å². The summed E-state index contributed by atoms with van der Waals surface area (Å²) in [4.78, 5) is 0. The van der Waals surface area contributed by atoms with E-state index in [2.05, 4.69) is 0 Å². The van der Waals surface area contributed by atoms with Gasteiger partial charge in [-0.25, -0.2) is 4.39 Å². The van der Waals surface area contributed by atoms with E-state index < -0.39 is 35.1 Å². The van der Waals surface area contributed by atoms with E-state index in [9.17, 15) is 17.6 Å². The molecule has 0 saturated heterocycles. The minimum absolute atomic E-state index is 0.531. The quantitative estimate of drug-likeness (QED) is 0.694. The predicted octanol–water partition coefficient (Wildman–Crippen LogP) is 2.78. The zero-order valence-corrected chi connectivity index (χ0v) is 7.77. The molecule has 0 fully saturated rings. The van der Waals surface area contributed by atoms with Crippen LogP contribution in [0, 0.1) is 28.5 Å². The lowest BCUT2D eigenvalue weighted by atomic mass is 9.98. The zero-order valence-electron chi connectivity index (χ0n) is 7.77. The molecule has 0 heterocycles. The molecule has 0 aliphatic heterocycles. The van der Waals surface area contributed by atoms with E-state index in [1.165, 1.54) is 12.1 Å². The van der Waals surface area contributed by atoms with E-state index in [-0.39, 0.29) is 0 Å². The Balaban J connectivity index is 3.54. The van der Waals surface area contributed by atoms with Crippen LogP contribution in [0.4, 0.5) is 17.6 Å². The Hall–Kier alpha value is -2.08. The van der Waals surface area contributed by atoms with Gasteiger partial charge in [0.25, 0.3) is 0 Å². The van der Waals surface area contributed by atoms with E-state index in [0.29, 0.717) is 12.1 Å². The third-order valence-corrected chi connectivity index (χ3v) is 1.94. The van der Waals surface area contributed by atoms with Gasteiger partial charge in [0.15, 0.2) is 0 Å². The van der Waals surface area contributed by atoms with Gasteiger partial charge in [0.2, 0.25) is 0 Å². The maximum absolute atomic E-state index is 13.0. The monoisotopic (exact) mass is 228 g/mol. The number of rotatable bonds is 1. The first-order valence-electron chi connectivity index (χ1n) is 4.07. The normalized spacial score (nSPS) is 10.6. The number of benzene rings is 1. The van der Waals surface area contributed by atoms with E-state index >= 15 is 0 Å². The van der Waals surface area contributed by atoms with Crippen molar-refractivity contribution in [2.45, 2.75) is 12.6 Å². The standard InChI is InChI=1S/C10H4F4N2/c11-9-2-1-8(10(12,13)14)6(3-4-15)7(9)5-16/h1-2H,3H2. The second kappa shape index (κ2) is 4.19. The van der Waals surface area contributed by atoms with Crippen molar-refractivity contribution < 1.29 is 17.6 Å². The van der Waals surface area contributed by atoms with Crippen LogP contribution in [-0.4, -0.2) is 0 Å². The maximum atomic E-state index is 13.0. The van der Waals surface area contributed by atoms with Gasteiger partial charge < -0.3 is 0 Å². The Morgan fingerprint density at radius 3 is 2.25 bits per heavy atom.